The van der Waals surface area contributed by atoms with Crippen LogP contribution in [-0.2, 0) is 16.1 Å². The van der Waals surface area contributed by atoms with Gasteiger partial charge in [-0.3, -0.25) is 0 Å². The molecule has 1 saturated carbocycles. The van der Waals surface area contributed by atoms with Gasteiger partial charge in [0.2, 0.25) is 5.95 Å². The number of anilines is 3. The van der Waals surface area contributed by atoms with Crippen LogP contribution in [-0.4, -0.2) is 41.7 Å². The van der Waals surface area contributed by atoms with Crippen molar-refractivity contribution in [3.8, 4) is 0 Å². The third kappa shape index (κ3) is 3.20. The molecule has 0 bridgehead atoms. The number of esters is 1. The van der Waals surface area contributed by atoms with E-state index in [-0.39, 0.29) is 18.7 Å². The predicted molar refractivity (Wildman–Crippen MR) is 105 cm³/mol. The van der Waals surface area contributed by atoms with Gasteiger partial charge in [-0.15, -0.1) is 0 Å². The Hall–Kier alpha value is -2.67. The molecule has 5 rings (SSSR count). The molecule has 1 saturated heterocycles. The number of hydrogen-bond donors (Lipinski definition) is 1. The molecule has 3 heterocycles. The van der Waals surface area contributed by atoms with E-state index in [2.05, 4.69) is 39.5 Å². The van der Waals surface area contributed by atoms with Gasteiger partial charge in [-0.2, -0.15) is 4.98 Å². The maximum Gasteiger partial charge on any atom is 0.357 e. The molecule has 2 aromatic rings. The van der Waals surface area contributed by atoms with Crippen LogP contribution in [0.15, 0.2) is 24.3 Å². The smallest absolute Gasteiger partial charge is 0.357 e. The van der Waals surface area contributed by atoms with Crippen molar-refractivity contribution in [1.82, 2.24) is 9.97 Å². The average molecular weight is 380 g/mol. The summed E-state index contributed by atoms with van der Waals surface area (Å²) in [6, 6.07) is 8.52. The normalized spacial score (nSPS) is 21.8. The molecule has 0 unspecified atom stereocenters. The van der Waals surface area contributed by atoms with Crippen molar-refractivity contribution in [3.05, 3.63) is 41.1 Å². The standard InChI is InChI=1S/C21H24N4O3/c1-13-11-25(9-10-27-13)21-23-18-17(12-28-20(18)26)19(24-21)22-16-7-5-15(6-8-16)14-3-2-4-14/h5-8,13-14H,2-4,9-12H2,1H3,(H,22,23,24)/t13-/m1/s1. The number of carbonyl (C=O) groups is 1. The summed E-state index contributed by atoms with van der Waals surface area (Å²) < 4.78 is 10.8. The quantitative estimate of drug-likeness (QED) is 0.815. The Morgan fingerprint density at radius 1 is 1.18 bits per heavy atom. The van der Waals surface area contributed by atoms with Gasteiger partial charge in [0, 0.05) is 18.8 Å². The number of cyclic esters (lactones) is 1. The van der Waals surface area contributed by atoms with E-state index in [0.29, 0.717) is 43.1 Å². The molecule has 2 aliphatic heterocycles. The highest BCUT2D eigenvalue weighted by Gasteiger charge is 2.30. The van der Waals surface area contributed by atoms with E-state index < -0.39 is 0 Å². The molecule has 146 valence electrons. The Morgan fingerprint density at radius 2 is 2.00 bits per heavy atom. The number of ether oxygens (including phenoxy) is 2. The Bertz CT molecular complexity index is 895. The van der Waals surface area contributed by atoms with Crippen molar-refractivity contribution in [2.24, 2.45) is 0 Å². The summed E-state index contributed by atoms with van der Waals surface area (Å²) in [5.41, 5.74) is 3.42. The van der Waals surface area contributed by atoms with E-state index in [1.54, 1.807) is 0 Å². The van der Waals surface area contributed by atoms with E-state index in [4.69, 9.17) is 14.5 Å². The van der Waals surface area contributed by atoms with Crippen LogP contribution in [0.4, 0.5) is 17.5 Å². The third-order valence-corrected chi connectivity index (χ3v) is 5.81. The number of carbonyl (C=O) groups excluding carboxylic acids is 1. The van der Waals surface area contributed by atoms with Crippen LogP contribution < -0.4 is 10.2 Å². The zero-order valence-corrected chi connectivity index (χ0v) is 16.0. The Morgan fingerprint density at radius 3 is 2.71 bits per heavy atom. The number of rotatable bonds is 4. The molecule has 0 amide bonds. The minimum atomic E-state index is -0.386. The molecule has 7 nitrogen and oxygen atoms in total. The van der Waals surface area contributed by atoms with E-state index in [0.717, 1.165) is 11.3 Å². The van der Waals surface area contributed by atoms with Crippen molar-refractivity contribution in [3.63, 3.8) is 0 Å². The first-order valence-corrected chi connectivity index (χ1v) is 9.99. The maximum absolute atomic E-state index is 12.1. The van der Waals surface area contributed by atoms with Crippen LogP contribution in [0.2, 0.25) is 0 Å². The number of nitrogens with one attached hydrogen (secondary N) is 1. The van der Waals surface area contributed by atoms with Crippen molar-refractivity contribution >= 4 is 23.4 Å². The summed E-state index contributed by atoms with van der Waals surface area (Å²) in [5.74, 6) is 1.50. The van der Waals surface area contributed by atoms with E-state index >= 15 is 0 Å². The van der Waals surface area contributed by atoms with Crippen molar-refractivity contribution in [2.45, 2.75) is 44.8 Å². The van der Waals surface area contributed by atoms with E-state index in [1.807, 2.05) is 6.92 Å². The minimum Gasteiger partial charge on any atom is -0.456 e. The molecular formula is C21H24N4O3. The summed E-state index contributed by atoms with van der Waals surface area (Å²) in [5, 5.41) is 3.38. The largest absolute Gasteiger partial charge is 0.456 e. The van der Waals surface area contributed by atoms with E-state index in [1.165, 1.54) is 24.8 Å². The van der Waals surface area contributed by atoms with Gasteiger partial charge in [0.1, 0.15) is 12.4 Å². The Kier molecular flexibility index (Phi) is 4.39. The zero-order valence-electron chi connectivity index (χ0n) is 16.0. The molecule has 3 aliphatic rings. The summed E-state index contributed by atoms with van der Waals surface area (Å²) >= 11 is 0. The first-order valence-electron chi connectivity index (χ1n) is 9.99. The van der Waals surface area contributed by atoms with Crippen LogP contribution in [0.3, 0.4) is 0 Å². The number of hydrogen-bond acceptors (Lipinski definition) is 7. The van der Waals surface area contributed by atoms with Crippen LogP contribution in [0, 0.1) is 0 Å². The predicted octanol–water partition coefficient (Wildman–Crippen LogP) is 3.38. The molecule has 1 aromatic heterocycles. The SMILES string of the molecule is C[C@@H]1CN(c2nc(Nc3ccc(C4CCC4)cc3)c3c(n2)C(=O)OC3)CCO1. The second-order valence-corrected chi connectivity index (χ2v) is 7.78. The highest BCUT2D eigenvalue weighted by atomic mass is 16.5. The monoisotopic (exact) mass is 380 g/mol. The Balaban J connectivity index is 1.44. The highest BCUT2D eigenvalue weighted by Crippen LogP contribution is 2.37. The number of benzene rings is 1. The van der Waals surface area contributed by atoms with Gasteiger partial charge in [0.25, 0.3) is 0 Å². The van der Waals surface area contributed by atoms with Crippen LogP contribution in [0.1, 0.15) is 53.7 Å². The molecule has 7 heteroatoms. The van der Waals surface area contributed by atoms with Gasteiger partial charge in [-0.25, -0.2) is 9.78 Å². The molecule has 28 heavy (non-hydrogen) atoms. The topological polar surface area (TPSA) is 76.6 Å². The molecule has 0 radical (unpaired) electrons. The molecular weight excluding hydrogens is 356 g/mol. The number of morpholine rings is 1. The third-order valence-electron chi connectivity index (χ3n) is 5.81. The van der Waals surface area contributed by atoms with E-state index in [9.17, 15) is 4.79 Å². The summed E-state index contributed by atoms with van der Waals surface area (Å²) in [4.78, 5) is 23.4. The lowest BCUT2D eigenvalue weighted by Crippen LogP contribution is -2.42. The second-order valence-electron chi connectivity index (χ2n) is 7.78. The van der Waals surface area contributed by atoms with Crippen molar-refractivity contribution in [1.29, 1.82) is 0 Å². The van der Waals surface area contributed by atoms with Gasteiger partial charge in [0.15, 0.2) is 5.69 Å². The van der Waals surface area contributed by atoms with Crippen LogP contribution >= 0.6 is 0 Å². The first-order chi connectivity index (χ1) is 13.7. The Labute approximate surface area is 164 Å². The summed E-state index contributed by atoms with van der Waals surface area (Å²) in [6.07, 6.45) is 4.00. The van der Waals surface area contributed by atoms with Crippen molar-refractivity contribution < 1.29 is 14.3 Å². The van der Waals surface area contributed by atoms with Gasteiger partial charge in [-0.05, 0) is 43.4 Å². The zero-order chi connectivity index (χ0) is 19.1. The summed E-state index contributed by atoms with van der Waals surface area (Å²) in [7, 11) is 0. The van der Waals surface area contributed by atoms with Crippen LogP contribution in [0.5, 0.6) is 0 Å². The lowest BCUT2D eigenvalue weighted by Gasteiger charge is -2.31. The van der Waals surface area contributed by atoms with Gasteiger partial charge < -0.3 is 19.7 Å². The fourth-order valence-electron chi connectivity index (χ4n) is 3.95. The van der Waals surface area contributed by atoms with Gasteiger partial charge >= 0.3 is 5.97 Å². The van der Waals surface area contributed by atoms with Crippen molar-refractivity contribution in [2.75, 3.05) is 29.9 Å². The maximum atomic E-state index is 12.1. The van der Waals surface area contributed by atoms with Crippen LogP contribution in [0.25, 0.3) is 0 Å². The van der Waals surface area contributed by atoms with Gasteiger partial charge in [-0.1, -0.05) is 18.6 Å². The molecule has 1 atom stereocenters. The first kappa shape index (κ1) is 17.4. The van der Waals surface area contributed by atoms with Gasteiger partial charge in [0.05, 0.1) is 18.3 Å². The minimum absolute atomic E-state index is 0.105. The highest BCUT2D eigenvalue weighted by molar-refractivity contribution is 5.93. The molecule has 1 aromatic carbocycles. The average Bonchev–Trinajstić information content (AvgIpc) is 3.03. The number of aromatic nitrogens is 2. The molecule has 2 fully saturated rings. The molecule has 1 aliphatic carbocycles. The summed E-state index contributed by atoms with van der Waals surface area (Å²) in [6.45, 7) is 4.25. The fraction of sp³-hybridized carbons (Fsp3) is 0.476. The number of fused-ring (bicyclic) bond motifs is 1. The number of nitrogens with zero attached hydrogens (tertiary/aromatic N) is 3. The fourth-order valence-corrected chi connectivity index (χ4v) is 3.95. The molecule has 0 spiro atoms. The lowest BCUT2D eigenvalue weighted by atomic mass is 9.80. The lowest BCUT2D eigenvalue weighted by molar-refractivity contribution is 0.0524. The second kappa shape index (κ2) is 7.05. The molecule has 1 N–H and O–H groups in total.